The fraction of sp³-hybridized carbons (Fsp3) is 0.582. The number of nitrogens with zero attached hydrogens (tertiary/aromatic N) is 4. The Morgan fingerprint density at radius 2 is 1.44 bits per heavy atom. The van der Waals surface area contributed by atoms with Crippen molar-refractivity contribution in [2.24, 2.45) is 39.6 Å². The van der Waals surface area contributed by atoms with Crippen molar-refractivity contribution in [3.63, 3.8) is 0 Å². The Labute approximate surface area is 485 Å². The summed E-state index contributed by atoms with van der Waals surface area (Å²) in [5.74, 6) is -8.08. The summed E-state index contributed by atoms with van der Waals surface area (Å²) in [6, 6.07) is -1.25. The largest absolute Gasteiger partial charge is 0.508 e. The molecule has 2 aromatic heterocycles. The predicted octanol–water partition coefficient (Wildman–Crippen LogP) is 2.04. The SMILES string of the molecule is CC[C@H](C)C(CC(=O)[C@@H](C)NC(=O)[C@@H](CC(=O)[C@@H](CSSCCC(=O)C(C)(C)C)NC(C)=O)Cc1cnc[nH]1)C(=O)N[C@@H](Cc1ccc(O)cc1)C(=O)N1CCC[C@H]1C(=O)N[C@@H](CCCN=C(N)N)C(=O)N[C@@H](Cc1cnc[nH]1)C(=O)O. The van der Waals surface area contributed by atoms with Crippen LogP contribution in [-0.2, 0) is 67.2 Å². The molecule has 0 spiro atoms. The molecular formula is C55H81N13O12S2. The van der Waals surface area contributed by atoms with E-state index < -0.39 is 112 Å². The average molecular weight is 1180 g/mol. The molecule has 0 saturated carbocycles. The molecule has 13 N–H and O–H groups in total. The predicted molar refractivity (Wildman–Crippen MR) is 309 cm³/mol. The maximum Gasteiger partial charge on any atom is 0.326 e. The fourth-order valence-electron chi connectivity index (χ4n) is 9.07. The molecule has 25 nitrogen and oxygen atoms in total. The van der Waals surface area contributed by atoms with Crippen molar-refractivity contribution >= 4 is 86.3 Å². The van der Waals surface area contributed by atoms with Crippen LogP contribution in [0.2, 0.25) is 0 Å². The van der Waals surface area contributed by atoms with Gasteiger partial charge in [-0.25, -0.2) is 14.8 Å². The second-order valence-corrected chi connectivity index (χ2v) is 24.3. The van der Waals surface area contributed by atoms with E-state index in [0.717, 1.165) is 0 Å². The van der Waals surface area contributed by atoms with Crippen molar-refractivity contribution in [3.8, 4) is 5.75 Å². The van der Waals surface area contributed by atoms with Crippen molar-refractivity contribution in [2.45, 2.75) is 155 Å². The minimum atomic E-state index is -1.40. The van der Waals surface area contributed by atoms with Gasteiger partial charge in [-0.05, 0) is 56.2 Å². The maximum atomic E-state index is 14.8. The highest BCUT2D eigenvalue weighted by atomic mass is 33.1. The molecule has 0 aliphatic carbocycles. The third kappa shape index (κ3) is 22.2. The first kappa shape index (κ1) is 67.2. The zero-order chi connectivity index (χ0) is 60.7. The second kappa shape index (κ2) is 33.0. The van der Waals surface area contributed by atoms with E-state index in [9.17, 15) is 58.2 Å². The first-order chi connectivity index (χ1) is 38.8. The normalized spacial score (nSPS) is 16.2. The van der Waals surface area contributed by atoms with E-state index >= 15 is 0 Å². The number of H-pyrrole nitrogens is 2. The van der Waals surface area contributed by atoms with Crippen molar-refractivity contribution in [1.82, 2.24) is 51.4 Å². The highest BCUT2D eigenvalue weighted by Crippen LogP contribution is 2.28. The molecular weight excluding hydrogens is 1100 g/mol. The van der Waals surface area contributed by atoms with Gasteiger partial charge in [0, 0.05) is 105 Å². The van der Waals surface area contributed by atoms with Gasteiger partial charge in [-0.15, -0.1) is 0 Å². The third-order valence-electron chi connectivity index (χ3n) is 14.1. The van der Waals surface area contributed by atoms with E-state index in [1.807, 2.05) is 27.7 Å². The standard InChI is InChI=1S/C55H81N13O12S2/c1-8-31(2)39(25-45(71)32(3)63-48(74)35(22-36-26-58-29-61-36)23-46(72)43(64-33(4)69)28-82-81-20-17-47(73)55(5,6)7)49(75)66-41(21-34-13-15-38(70)16-14-34)52(78)68-19-10-12-44(68)51(77)65-40(11-9-18-60-54(56)57)50(76)67-42(53(79)80)24-37-27-59-30-62-37/h13-16,26-27,29-32,35,39-44,70H,8-12,17-25,28H2,1-7H3,(H,58,61)(H,59,62)(H,63,74)(H,64,69)(H,65,77)(H,66,75)(H,67,76)(H,79,80)(H4,56,57,60)/t31-,32+,35+,39?,40-,41-,42-,43+,44-/m0/s1. The number of rotatable bonds is 35. The summed E-state index contributed by atoms with van der Waals surface area (Å²) >= 11 is 0. The Kier molecular flexibility index (Phi) is 27.0. The number of amides is 6. The number of hydrogen-bond donors (Lipinski definition) is 11. The van der Waals surface area contributed by atoms with Gasteiger partial charge in [0.1, 0.15) is 35.7 Å². The number of nitrogens with two attached hydrogens (primary N) is 2. The number of benzene rings is 1. The van der Waals surface area contributed by atoms with Crippen molar-refractivity contribution < 1.29 is 58.2 Å². The van der Waals surface area contributed by atoms with Crippen LogP contribution in [0, 0.1) is 23.2 Å². The van der Waals surface area contributed by atoms with Crippen molar-refractivity contribution in [3.05, 3.63) is 66.3 Å². The van der Waals surface area contributed by atoms with Crippen LogP contribution in [-0.4, -0.2) is 161 Å². The van der Waals surface area contributed by atoms with Crippen LogP contribution in [0.3, 0.4) is 0 Å². The summed E-state index contributed by atoms with van der Waals surface area (Å²) in [6.45, 7) is 12.1. The molecule has 3 aromatic rings. The number of imidazole rings is 2. The van der Waals surface area contributed by atoms with Crippen molar-refractivity contribution in [2.75, 3.05) is 24.6 Å². The lowest BCUT2D eigenvalue weighted by atomic mass is 9.85. The van der Waals surface area contributed by atoms with Crippen LogP contribution in [0.5, 0.6) is 5.75 Å². The van der Waals surface area contributed by atoms with Crippen LogP contribution < -0.4 is 38.1 Å². The number of carbonyl (C=O) groups excluding carboxylic acids is 9. The van der Waals surface area contributed by atoms with Crippen LogP contribution in [0.25, 0.3) is 0 Å². The van der Waals surface area contributed by atoms with E-state index in [0.29, 0.717) is 42.0 Å². The molecule has 1 fully saturated rings. The van der Waals surface area contributed by atoms with Gasteiger partial charge in [-0.2, -0.15) is 0 Å². The number of likely N-dealkylation sites (tertiary alicyclic amines) is 1. The Balaban J connectivity index is 1.52. The quantitative estimate of drug-likeness (QED) is 0.0174. The number of carbonyl (C=O) groups is 10. The van der Waals surface area contributed by atoms with E-state index in [2.05, 4.69) is 51.5 Å². The van der Waals surface area contributed by atoms with E-state index in [1.165, 1.54) is 77.5 Å². The minimum absolute atomic E-state index is 0.0159. The highest BCUT2D eigenvalue weighted by Gasteiger charge is 2.41. The first-order valence-electron chi connectivity index (χ1n) is 27.4. The lowest BCUT2D eigenvalue weighted by Gasteiger charge is -2.31. The molecule has 3 heterocycles. The summed E-state index contributed by atoms with van der Waals surface area (Å²) in [5, 5.41) is 33.6. The Morgan fingerprint density at radius 1 is 0.793 bits per heavy atom. The smallest absolute Gasteiger partial charge is 0.326 e. The van der Waals surface area contributed by atoms with Crippen LogP contribution in [0.4, 0.5) is 0 Å². The number of aromatic nitrogens is 4. The number of phenols is 1. The number of phenolic OH excluding ortho intramolecular Hbond substituents is 1. The number of nitrogens with one attached hydrogen (secondary N) is 7. The molecule has 27 heteroatoms. The van der Waals surface area contributed by atoms with Crippen LogP contribution in [0.15, 0.2) is 54.3 Å². The van der Waals surface area contributed by atoms with Gasteiger partial charge in [0.25, 0.3) is 0 Å². The number of aromatic amines is 2. The number of guanidine groups is 1. The lowest BCUT2D eigenvalue weighted by molar-refractivity contribution is -0.144. The topological polar surface area (TPSA) is 396 Å². The zero-order valence-corrected chi connectivity index (χ0v) is 49.3. The molecule has 0 bridgehead atoms. The average Bonchev–Trinajstić information content (AvgIpc) is 4.44. The number of aliphatic imine (C=N–C) groups is 1. The molecule has 0 radical (unpaired) electrons. The van der Waals surface area contributed by atoms with Gasteiger partial charge >= 0.3 is 5.97 Å². The minimum Gasteiger partial charge on any atom is -0.508 e. The van der Waals surface area contributed by atoms with Gasteiger partial charge < -0.3 is 63.1 Å². The Hall–Kier alpha value is -7.29. The summed E-state index contributed by atoms with van der Waals surface area (Å²) in [5.41, 5.74) is 12.0. The molecule has 1 unspecified atom stereocenters. The Morgan fingerprint density at radius 3 is 2.02 bits per heavy atom. The number of hydrogen-bond acceptors (Lipinski definition) is 16. The first-order valence-corrected chi connectivity index (χ1v) is 29.9. The van der Waals surface area contributed by atoms with Gasteiger partial charge in [0.15, 0.2) is 17.5 Å². The maximum absolute atomic E-state index is 14.8. The number of carboxylic acid groups (broad SMARTS) is 1. The van der Waals surface area contributed by atoms with E-state index in [4.69, 9.17) is 11.5 Å². The number of aromatic hydroxyl groups is 1. The number of aliphatic carboxylic acids is 1. The highest BCUT2D eigenvalue weighted by molar-refractivity contribution is 8.76. The van der Waals surface area contributed by atoms with Gasteiger partial charge in [0.05, 0.1) is 30.7 Å². The van der Waals surface area contributed by atoms with Crippen LogP contribution >= 0.6 is 21.6 Å². The summed E-state index contributed by atoms with van der Waals surface area (Å²) in [7, 11) is 2.72. The molecule has 9 atom stereocenters. The number of ketones is 3. The summed E-state index contributed by atoms with van der Waals surface area (Å²) < 4.78 is 0. The molecule has 6 amide bonds. The molecule has 4 rings (SSSR count). The molecule has 450 valence electrons. The van der Waals surface area contributed by atoms with Gasteiger partial charge in [-0.3, -0.25) is 48.1 Å². The molecule has 1 aromatic carbocycles. The van der Waals surface area contributed by atoms with E-state index in [1.54, 1.807) is 19.1 Å². The Bertz CT molecular complexity index is 2660. The van der Waals surface area contributed by atoms with Crippen molar-refractivity contribution in [1.29, 1.82) is 0 Å². The molecule has 1 aliphatic rings. The molecule has 1 aliphatic heterocycles. The molecule has 1 saturated heterocycles. The fourth-order valence-corrected chi connectivity index (χ4v) is 11.3. The van der Waals surface area contributed by atoms with Gasteiger partial charge in [-0.1, -0.05) is 74.8 Å². The zero-order valence-electron chi connectivity index (χ0n) is 47.7. The monoisotopic (exact) mass is 1180 g/mol. The summed E-state index contributed by atoms with van der Waals surface area (Å²) in [6.07, 6.45) is 6.34. The summed E-state index contributed by atoms with van der Waals surface area (Å²) in [4.78, 5) is 156. The van der Waals surface area contributed by atoms with Crippen LogP contribution in [0.1, 0.15) is 117 Å². The molecule has 82 heavy (non-hydrogen) atoms. The second-order valence-electron chi connectivity index (χ2n) is 21.6. The lowest BCUT2D eigenvalue weighted by Crippen LogP contribution is -2.58. The van der Waals surface area contributed by atoms with E-state index in [-0.39, 0.29) is 87.7 Å². The van der Waals surface area contributed by atoms with Gasteiger partial charge in [0.2, 0.25) is 35.4 Å². The number of Topliss-reactive ketones (excluding diaryl/α,β-unsaturated/α-hetero) is 3. The number of carboxylic acids is 1. The third-order valence-corrected chi connectivity index (χ3v) is 16.5.